The number of benzene rings is 1. The van der Waals surface area contributed by atoms with Crippen LogP contribution in [-0.2, 0) is 11.2 Å². The molecule has 1 N–H and O–H groups in total. The molecule has 0 saturated carbocycles. The summed E-state index contributed by atoms with van der Waals surface area (Å²) in [5.41, 5.74) is 0.907. The third kappa shape index (κ3) is 3.44. The van der Waals surface area contributed by atoms with E-state index in [0.717, 1.165) is 26.8 Å². The molecule has 0 aliphatic carbocycles. The molecule has 8 heteroatoms. The quantitative estimate of drug-likeness (QED) is 0.590. The Kier molecular flexibility index (Phi) is 5.28. The molecule has 2 aromatic rings. The number of halogens is 2. The molecule has 106 valence electrons. The van der Waals surface area contributed by atoms with E-state index in [1.807, 2.05) is 23.6 Å². The van der Waals surface area contributed by atoms with Crippen molar-refractivity contribution in [2.24, 2.45) is 0 Å². The zero-order valence-electron chi connectivity index (χ0n) is 10.5. The number of thioether (sulfide) groups is 1. The molecule has 0 amide bonds. The van der Waals surface area contributed by atoms with E-state index in [0.29, 0.717) is 16.6 Å². The fourth-order valence-electron chi connectivity index (χ4n) is 1.65. The Morgan fingerprint density at radius 2 is 2.25 bits per heavy atom. The highest BCUT2D eigenvalue weighted by Crippen LogP contribution is 2.27. The summed E-state index contributed by atoms with van der Waals surface area (Å²) in [7, 11) is 0. The van der Waals surface area contributed by atoms with Gasteiger partial charge in [0.25, 0.3) is 0 Å². The van der Waals surface area contributed by atoms with E-state index >= 15 is 0 Å². The predicted molar refractivity (Wildman–Crippen MR) is 86.8 cm³/mol. The summed E-state index contributed by atoms with van der Waals surface area (Å²) in [5.74, 6) is -0.141. The topological polar surface area (TPSA) is 68.0 Å². The van der Waals surface area contributed by atoms with Crippen LogP contribution in [0.5, 0.6) is 0 Å². The second-order valence-electron chi connectivity index (χ2n) is 3.87. The van der Waals surface area contributed by atoms with Crippen LogP contribution in [0, 0.1) is 3.57 Å². The van der Waals surface area contributed by atoms with Gasteiger partial charge in [-0.1, -0.05) is 30.3 Å². The first-order valence-electron chi connectivity index (χ1n) is 5.77. The lowest BCUT2D eigenvalue weighted by Gasteiger charge is -2.11. The molecule has 2 rings (SSSR count). The number of hydrogen-bond donors (Lipinski definition) is 1. The van der Waals surface area contributed by atoms with Crippen LogP contribution < -0.4 is 0 Å². The maximum Gasteiger partial charge on any atom is 0.313 e. The summed E-state index contributed by atoms with van der Waals surface area (Å²) < 4.78 is 2.84. The predicted octanol–water partition coefficient (Wildman–Crippen LogP) is 3.26. The molecule has 1 aromatic heterocycles. The molecule has 0 fully saturated rings. The van der Waals surface area contributed by atoms with Gasteiger partial charge in [-0.2, -0.15) is 0 Å². The van der Waals surface area contributed by atoms with E-state index in [2.05, 4.69) is 32.8 Å². The van der Waals surface area contributed by atoms with E-state index in [4.69, 9.17) is 16.7 Å². The van der Waals surface area contributed by atoms with Gasteiger partial charge in [-0.25, -0.2) is 0 Å². The average molecular weight is 424 g/mol. The minimum absolute atomic E-state index is 0.0496. The molecule has 0 aliphatic rings. The van der Waals surface area contributed by atoms with Crippen molar-refractivity contribution in [3.05, 3.63) is 32.6 Å². The van der Waals surface area contributed by atoms with Gasteiger partial charge in [0.2, 0.25) is 0 Å². The standard InChI is InChI=1S/C12H11ClIN3O2S/c1-2-10-15-16-12(20-6-11(18)19)17(10)9-4-3-7(13)5-8(9)14/h3-5H,2,6H2,1H3,(H,18,19). The molecule has 0 spiro atoms. The minimum Gasteiger partial charge on any atom is -0.481 e. The lowest BCUT2D eigenvalue weighted by Crippen LogP contribution is -2.05. The van der Waals surface area contributed by atoms with Crippen LogP contribution in [0.3, 0.4) is 0 Å². The zero-order chi connectivity index (χ0) is 14.7. The largest absolute Gasteiger partial charge is 0.481 e. The van der Waals surface area contributed by atoms with E-state index in [9.17, 15) is 4.79 Å². The highest BCUT2D eigenvalue weighted by molar-refractivity contribution is 14.1. The summed E-state index contributed by atoms with van der Waals surface area (Å²) in [6, 6.07) is 5.53. The fraction of sp³-hybridized carbons (Fsp3) is 0.250. The minimum atomic E-state index is -0.881. The number of carboxylic acid groups (broad SMARTS) is 1. The van der Waals surface area contributed by atoms with Crippen LogP contribution >= 0.6 is 46.0 Å². The molecule has 0 radical (unpaired) electrons. The van der Waals surface area contributed by atoms with Crippen LogP contribution in [0.2, 0.25) is 5.02 Å². The smallest absolute Gasteiger partial charge is 0.313 e. The van der Waals surface area contributed by atoms with Gasteiger partial charge in [0, 0.05) is 15.0 Å². The molecular weight excluding hydrogens is 413 g/mol. The summed E-state index contributed by atoms with van der Waals surface area (Å²) in [6.45, 7) is 1.98. The number of carboxylic acids is 1. The SMILES string of the molecule is CCc1nnc(SCC(=O)O)n1-c1ccc(Cl)cc1I. The maximum atomic E-state index is 10.7. The molecule has 0 atom stereocenters. The third-order valence-corrected chi connectivity index (χ3v) is 4.50. The van der Waals surface area contributed by atoms with Gasteiger partial charge in [-0.3, -0.25) is 9.36 Å². The third-order valence-electron chi connectivity index (χ3n) is 2.49. The van der Waals surface area contributed by atoms with E-state index in [1.165, 1.54) is 0 Å². The van der Waals surface area contributed by atoms with Crippen molar-refractivity contribution in [2.45, 2.75) is 18.5 Å². The molecule has 20 heavy (non-hydrogen) atoms. The second-order valence-corrected chi connectivity index (χ2v) is 6.41. The molecular formula is C12H11ClIN3O2S. The molecule has 0 aliphatic heterocycles. The van der Waals surface area contributed by atoms with Crippen LogP contribution in [-0.4, -0.2) is 31.6 Å². The lowest BCUT2D eigenvalue weighted by atomic mass is 10.3. The highest BCUT2D eigenvalue weighted by Gasteiger charge is 2.16. The van der Waals surface area contributed by atoms with Gasteiger partial charge in [0.1, 0.15) is 5.82 Å². The van der Waals surface area contributed by atoms with E-state index in [-0.39, 0.29) is 5.75 Å². The Bertz CT molecular complexity index is 648. The molecule has 0 saturated heterocycles. The van der Waals surface area contributed by atoms with E-state index in [1.54, 1.807) is 6.07 Å². The summed E-state index contributed by atoms with van der Waals surface area (Å²) in [4.78, 5) is 10.7. The van der Waals surface area contributed by atoms with Gasteiger partial charge in [-0.05, 0) is 40.8 Å². The second kappa shape index (κ2) is 6.77. The first-order valence-corrected chi connectivity index (χ1v) is 8.21. The van der Waals surface area contributed by atoms with Crippen molar-refractivity contribution in [3.63, 3.8) is 0 Å². The maximum absolute atomic E-state index is 10.7. The molecule has 1 aromatic carbocycles. The van der Waals surface area contributed by atoms with Gasteiger partial charge >= 0.3 is 5.97 Å². The first kappa shape index (κ1) is 15.6. The van der Waals surface area contributed by atoms with E-state index < -0.39 is 5.97 Å². The molecule has 0 unspecified atom stereocenters. The fourth-order valence-corrected chi connectivity index (χ4v) is 3.45. The Labute approximate surface area is 138 Å². The van der Waals surface area contributed by atoms with Gasteiger partial charge in [0.15, 0.2) is 5.16 Å². The Hall–Kier alpha value is -0.800. The number of aryl methyl sites for hydroxylation is 1. The Morgan fingerprint density at radius 1 is 1.50 bits per heavy atom. The summed E-state index contributed by atoms with van der Waals surface area (Å²) in [5, 5.41) is 18.2. The Morgan fingerprint density at radius 3 is 2.85 bits per heavy atom. The number of rotatable bonds is 5. The summed E-state index contributed by atoms with van der Waals surface area (Å²) in [6.07, 6.45) is 0.708. The summed E-state index contributed by atoms with van der Waals surface area (Å²) >= 11 is 9.31. The van der Waals surface area contributed by atoms with Gasteiger partial charge in [0.05, 0.1) is 11.4 Å². The number of carbonyl (C=O) groups is 1. The first-order chi connectivity index (χ1) is 9.52. The van der Waals surface area contributed by atoms with Crippen molar-refractivity contribution in [2.75, 3.05) is 5.75 Å². The van der Waals surface area contributed by atoms with Gasteiger partial charge < -0.3 is 5.11 Å². The van der Waals surface area contributed by atoms with Crippen molar-refractivity contribution >= 4 is 51.9 Å². The van der Waals surface area contributed by atoms with Crippen LogP contribution in [0.4, 0.5) is 0 Å². The number of aliphatic carboxylic acids is 1. The van der Waals surface area contributed by atoms with Crippen molar-refractivity contribution < 1.29 is 9.90 Å². The van der Waals surface area contributed by atoms with Crippen LogP contribution in [0.1, 0.15) is 12.7 Å². The number of nitrogens with zero attached hydrogens (tertiary/aromatic N) is 3. The van der Waals surface area contributed by atoms with Gasteiger partial charge in [-0.15, -0.1) is 10.2 Å². The molecule has 5 nitrogen and oxygen atoms in total. The average Bonchev–Trinajstić information content (AvgIpc) is 2.79. The molecule has 1 heterocycles. The van der Waals surface area contributed by atoms with Crippen LogP contribution in [0.25, 0.3) is 5.69 Å². The normalized spacial score (nSPS) is 10.8. The number of hydrogen-bond acceptors (Lipinski definition) is 4. The Balaban J connectivity index is 2.47. The lowest BCUT2D eigenvalue weighted by molar-refractivity contribution is -0.133. The highest BCUT2D eigenvalue weighted by atomic mass is 127. The van der Waals surface area contributed by atoms with Crippen molar-refractivity contribution in [1.82, 2.24) is 14.8 Å². The molecule has 0 bridgehead atoms. The van der Waals surface area contributed by atoms with Crippen molar-refractivity contribution in [1.29, 1.82) is 0 Å². The monoisotopic (exact) mass is 423 g/mol. The zero-order valence-corrected chi connectivity index (χ0v) is 14.2. The van der Waals surface area contributed by atoms with Crippen LogP contribution in [0.15, 0.2) is 23.4 Å². The number of aromatic nitrogens is 3. The van der Waals surface area contributed by atoms with Crippen molar-refractivity contribution in [3.8, 4) is 5.69 Å².